The number of carbonyl (C=O) groups is 1. The number of amides is 1. The Bertz CT molecular complexity index is 671. The molecule has 3 rings (SSSR count). The van der Waals surface area contributed by atoms with Crippen LogP contribution in [-0.2, 0) is 4.79 Å². The average Bonchev–Trinajstić information content (AvgIpc) is 2.93. The summed E-state index contributed by atoms with van der Waals surface area (Å²) in [4.78, 5) is 12.3. The summed E-state index contributed by atoms with van der Waals surface area (Å²) in [5, 5.41) is 13.0. The Kier molecular flexibility index (Phi) is 4.63. The largest absolute Gasteiger partial charge is 0.480 e. The van der Waals surface area contributed by atoms with Crippen LogP contribution in [0.25, 0.3) is 0 Å². The zero-order valence-corrected chi connectivity index (χ0v) is 13.1. The number of ether oxygens (including phenoxy) is 1. The third-order valence-electron chi connectivity index (χ3n) is 4.28. The molecule has 120 valence electrons. The summed E-state index contributed by atoms with van der Waals surface area (Å²) in [6, 6.07) is 17.2. The van der Waals surface area contributed by atoms with Crippen LogP contribution in [0.1, 0.15) is 36.5 Å². The number of para-hydroxylation sites is 1. The van der Waals surface area contributed by atoms with Crippen LogP contribution in [0.15, 0.2) is 54.6 Å². The fourth-order valence-corrected chi connectivity index (χ4v) is 2.92. The highest BCUT2D eigenvalue weighted by Gasteiger charge is 2.35. The molecule has 1 aliphatic rings. The van der Waals surface area contributed by atoms with Crippen LogP contribution in [0.5, 0.6) is 5.75 Å². The highest BCUT2D eigenvalue weighted by molar-refractivity contribution is 5.83. The van der Waals surface area contributed by atoms with Crippen molar-refractivity contribution >= 4 is 5.91 Å². The van der Waals surface area contributed by atoms with E-state index in [0.29, 0.717) is 13.0 Å². The van der Waals surface area contributed by atoms with E-state index in [2.05, 4.69) is 5.32 Å². The Balaban J connectivity index is 1.51. The lowest BCUT2D eigenvalue weighted by atomic mass is 9.97. The van der Waals surface area contributed by atoms with E-state index in [0.717, 1.165) is 16.9 Å². The second kappa shape index (κ2) is 6.84. The van der Waals surface area contributed by atoms with Gasteiger partial charge in [0.05, 0.1) is 6.10 Å². The predicted molar refractivity (Wildman–Crippen MR) is 88.3 cm³/mol. The van der Waals surface area contributed by atoms with E-state index >= 15 is 0 Å². The van der Waals surface area contributed by atoms with Gasteiger partial charge in [0.15, 0.2) is 6.10 Å². The summed E-state index contributed by atoms with van der Waals surface area (Å²) in [6.45, 7) is 2.41. The number of aliphatic hydroxyl groups is 1. The van der Waals surface area contributed by atoms with Crippen molar-refractivity contribution in [3.8, 4) is 5.75 Å². The molecule has 1 heterocycles. The number of aliphatic hydroxyl groups excluding tert-OH is 1. The number of hydrogen-bond donors (Lipinski definition) is 2. The molecular weight excluding hydrogens is 290 g/mol. The Morgan fingerprint density at radius 2 is 1.87 bits per heavy atom. The Hall–Kier alpha value is -2.33. The maximum absolute atomic E-state index is 12.3. The zero-order valence-electron chi connectivity index (χ0n) is 13.1. The molecule has 0 fully saturated rings. The summed E-state index contributed by atoms with van der Waals surface area (Å²) < 4.78 is 5.75. The van der Waals surface area contributed by atoms with E-state index in [1.165, 1.54) is 0 Å². The highest BCUT2D eigenvalue weighted by Crippen LogP contribution is 2.37. The van der Waals surface area contributed by atoms with Crippen LogP contribution in [0.3, 0.4) is 0 Å². The molecular formula is C19H21NO3. The molecule has 2 aromatic carbocycles. The van der Waals surface area contributed by atoms with Crippen LogP contribution in [0, 0.1) is 0 Å². The highest BCUT2D eigenvalue weighted by atomic mass is 16.5. The van der Waals surface area contributed by atoms with E-state index in [-0.39, 0.29) is 11.8 Å². The molecule has 0 aliphatic carbocycles. The molecule has 0 saturated heterocycles. The molecule has 0 saturated carbocycles. The number of rotatable bonds is 5. The molecule has 3 unspecified atom stereocenters. The minimum absolute atomic E-state index is 0.0326. The van der Waals surface area contributed by atoms with Crippen LogP contribution in [0.2, 0.25) is 0 Å². The lowest BCUT2D eigenvalue weighted by molar-refractivity contribution is -0.128. The number of benzene rings is 2. The molecule has 4 nitrogen and oxygen atoms in total. The molecule has 0 radical (unpaired) electrons. The normalized spacial score (nSPS) is 20.4. The van der Waals surface area contributed by atoms with Gasteiger partial charge in [0.2, 0.25) is 0 Å². The molecule has 23 heavy (non-hydrogen) atoms. The summed E-state index contributed by atoms with van der Waals surface area (Å²) >= 11 is 0. The minimum Gasteiger partial charge on any atom is -0.480 e. The van der Waals surface area contributed by atoms with Gasteiger partial charge in [-0.25, -0.2) is 0 Å². The van der Waals surface area contributed by atoms with Gasteiger partial charge in [-0.05, 0) is 18.1 Å². The van der Waals surface area contributed by atoms with Gasteiger partial charge in [-0.15, -0.1) is 0 Å². The summed E-state index contributed by atoms with van der Waals surface area (Å²) in [7, 11) is 0. The number of fused-ring (bicyclic) bond motifs is 1. The smallest absolute Gasteiger partial charge is 0.261 e. The average molecular weight is 311 g/mol. The quantitative estimate of drug-likeness (QED) is 0.892. The first kappa shape index (κ1) is 15.6. The maximum Gasteiger partial charge on any atom is 0.261 e. The molecule has 2 N–H and O–H groups in total. The van der Waals surface area contributed by atoms with Crippen LogP contribution < -0.4 is 10.1 Å². The summed E-state index contributed by atoms with van der Waals surface area (Å²) in [6.07, 6.45) is -0.596. The number of hydrogen-bond acceptors (Lipinski definition) is 3. The van der Waals surface area contributed by atoms with E-state index in [1.807, 2.05) is 61.5 Å². The first-order valence-electron chi connectivity index (χ1n) is 7.93. The van der Waals surface area contributed by atoms with Crippen molar-refractivity contribution in [1.82, 2.24) is 5.32 Å². The van der Waals surface area contributed by atoms with Gasteiger partial charge in [0.1, 0.15) is 5.75 Å². The first-order chi connectivity index (χ1) is 11.2. The Morgan fingerprint density at radius 1 is 1.17 bits per heavy atom. The van der Waals surface area contributed by atoms with E-state index in [9.17, 15) is 9.90 Å². The summed E-state index contributed by atoms with van der Waals surface area (Å²) in [5.74, 6) is 0.684. The van der Waals surface area contributed by atoms with Gasteiger partial charge in [-0.3, -0.25) is 4.79 Å². The predicted octanol–water partition coefficient (Wildman–Crippen LogP) is 2.79. The van der Waals surface area contributed by atoms with Crippen molar-refractivity contribution in [2.24, 2.45) is 0 Å². The van der Waals surface area contributed by atoms with Crippen LogP contribution in [-0.4, -0.2) is 23.7 Å². The first-order valence-corrected chi connectivity index (χ1v) is 7.93. The molecule has 4 heteroatoms. The number of carbonyl (C=O) groups excluding carboxylic acids is 1. The second-order valence-corrected chi connectivity index (χ2v) is 5.87. The molecule has 0 spiro atoms. The van der Waals surface area contributed by atoms with Crippen molar-refractivity contribution in [1.29, 1.82) is 0 Å². The van der Waals surface area contributed by atoms with Gasteiger partial charge in [-0.2, -0.15) is 0 Å². The van der Waals surface area contributed by atoms with Crippen molar-refractivity contribution in [2.75, 3.05) is 6.54 Å². The third-order valence-corrected chi connectivity index (χ3v) is 4.28. The van der Waals surface area contributed by atoms with Gasteiger partial charge < -0.3 is 15.2 Å². The van der Waals surface area contributed by atoms with Crippen LogP contribution in [0.4, 0.5) is 0 Å². The standard InChI is InChI=1S/C19H21NO3/c1-13-15-9-5-6-10-17(15)23-18(13)19(22)20-12-11-16(21)14-7-3-2-4-8-14/h2-10,13,16,18,21H,11-12H2,1H3,(H,20,22). The zero-order chi connectivity index (χ0) is 16.2. The topological polar surface area (TPSA) is 58.6 Å². The van der Waals surface area contributed by atoms with E-state index < -0.39 is 12.2 Å². The number of nitrogens with one attached hydrogen (secondary N) is 1. The fourth-order valence-electron chi connectivity index (χ4n) is 2.92. The Morgan fingerprint density at radius 3 is 2.61 bits per heavy atom. The molecule has 0 bridgehead atoms. The van der Waals surface area contributed by atoms with Crippen molar-refractivity contribution in [3.05, 3.63) is 65.7 Å². The van der Waals surface area contributed by atoms with E-state index in [1.54, 1.807) is 0 Å². The molecule has 1 aliphatic heterocycles. The SMILES string of the molecule is CC1c2ccccc2OC1C(=O)NCCC(O)c1ccccc1. The molecule has 2 aromatic rings. The van der Waals surface area contributed by atoms with Crippen molar-refractivity contribution < 1.29 is 14.6 Å². The minimum atomic E-state index is -0.574. The monoisotopic (exact) mass is 311 g/mol. The lowest BCUT2D eigenvalue weighted by Gasteiger charge is -2.16. The van der Waals surface area contributed by atoms with Crippen molar-refractivity contribution in [2.45, 2.75) is 31.5 Å². The molecule has 3 atom stereocenters. The van der Waals surface area contributed by atoms with Crippen molar-refractivity contribution in [3.63, 3.8) is 0 Å². The van der Waals surface area contributed by atoms with Crippen LogP contribution >= 0.6 is 0 Å². The molecule has 0 aromatic heterocycles. The second-order valence-electron chi connectivity index (χ2n) is 5.87. The van der Waals surface area contributed by atoms with E-state index in [4.69, 9.17) is 4.74 Å². The van der Waals surface area contributed by atoms with Gasteiger partial charge in [-0.1, -0.05) is 55.5 Å². The van der Waals surface area contributed by atoms with Gasteiger partial charge in [0.25, 0.3) is 5.91 Å². The third kappa shape index (κ3) is 3.37. The molecule has 1 amide bonds. The Labute approximate surface area is 136 Å². The maximum atomic E-state index is 12.3. The summed E-state index contributed by atoms with van der Waals surface area (Å²) in [5.41, 5.74) is 1.93. The lowest BCUT2D eigenvalue weighted by Crippen LogP contribution is -2.39. The fraction of sp³-hybridized carbons (Fsp3) is 0.316. The van der Waals surface area contributed by atoms with Gasteiger partial charge >= 0.3 is 0 Å². The van der Waals surface area contributed by atoms with Gasteiger partial charge in [0, 0.05) is 18.0 Å².